The van der Waals surface area contributed by atoms with Gasteiger partial charge in [0, 0.05) is 19.1 Å². The highest BCUT2D eigenvalue weighted by molar-refractivity contribution is 5.15. The van der Waals surface area contributed by atoms with E-state index in [0.29, 0.717) is 6.04 Å². The van der Waals surface area contributed by atoms with Crippen LogP contribution in [0.2, 0.25) is 0 Å². The number of benzene rings is 1. The first-order valence-corrected chi connectivity index (χ1v) is 5.53. The van der Waals surface area contributed by atoms with E-state index in [4.69, 9.17) is 0 Å². The molecule has 1 aromatic rings. The van der Waals surface area contributed by atoms with E-state index in [9.17, 15) is 4.39 Å². The summed E-state index contributed by atoms with van der Waals surface area (Å²) in [6.45, 7) is 2.85. The second-order valence-electron chi connectivity index (χ2n) is 4.05. The average molecular weight is 208 g/mol. The molecule has 0 spiro atoms. The second kappa shape index (κ2) is 5.24. The van der Waals surface area contributed by atoms with Crippen molar-refractivity contribution in [2.45, 2.75) is 25.4 Å². The van der Waals surface area contributed by atoms with Crippen LogP contribution in [0.1, 0.15) is 18.4 Å². The molecule has 0 aromatic heterocycles. The molecule has 0 amide bonds. The van der Waals surface area contributed by atoms with E-state index in [1.165, 1.54) is 18.9 Å². The second-order valence-corrected chi connectivity index (χ2v) is 4.05. The third-order valence-electron chi connectivity index (χ3n) is 2.77. The van der Waals surface area contributed by atoms with Crippen LogP contribution in [0.15, 0.2) is 24.3 Å². The Labute approximate surface area is 89.9 Å². The fourth-order valence-electron chi connectivity index (χ4n) is 1.97. The molecular weight excluding hydrogens is 191 g/mol. The number of rotatable bonds is 4. The molecule has 82 valence electrons. The monoisotopic (exact) mass is 208 g/mol. The molecule has 1 saturated heterocycles. The Morgan fingerprint density at radius 2 is 2.40 bits per heavy atom. The molecule has 3 heteroatoms. The summed E-state index contributed by atoms with van der Waals surface area (Å²) in [5, 5.41) is 6.76. The van der Waals surface area contributed by atoms with Gasteiger partial charge in [-0.3, -0.25) is 0 Å². The highest BCUT2D eigenvalue weighted by Gasteiger charge is 2.12. The zero-order valence-corrected chi connectivity index (χ0v) is 8.80. The first-order valence-electron chi connectivity index (χ1n) is 5.53. The Bertz CT molecular complexity index is 308. The van der Waals surface area contributed by atoms with E-state index in [0.717, 1.165) is 25.2 Å². The Morgan fingerprint density at radius 3 is 3.13 bits per heavy atom. The molecule has 1 fully saturated rings. The molecule has 1 aromatic carbocycles. The van der Waals surface area contributed by atoms with Crippen LogP contribution in [0.5, 0.6) is 0 Å². The van der Waals surface area contributed by atoms with Crippen LogP contribution in [-0.2, 0) is 6.54 Å². The van der Waals surface area contributed by atoms with Crippen molar-refractivity contribution in [2.75, 3.05) is 13.1 Å². The van der Waals surface area contributed by atoms with Gasteiger partial charge < -0.3 is 10.6 Å². The van der Waals surface area contributed by atoms with E-state index < -0.39 is 0 Å². The Hall–Kier alpha value is -0.930. The molecule has 15 heavy (non-hydrogen) atoms. The van der Waals surface area contributed by atoms with Crippen LogP contribution in [-0.4, -0.2) is 19.1 Å². The number of halogens is 1. The standard InChI is InChI=1S/C12H17FN2/c13-11-4-1-3-10(7-11)8-14-9-12-5-2-6-15-12/h1,3-4,7,12,14-15H,2,5-6,8-9H2/t12-/m0/s1. The maximum absolute atomic E-state index is 12.9. The predicted octanol–water partition coefficient (Wildman–Crippen LogP) is 1.67. The van der Waals surface area contributed by atoms with E-state index in [-0.39, 0.29) is 5.82 Å². The van der Waals surface area contributed by atoms with Gasteiger partial charge in [0.2, 0.25) is 0 Å². The first-order chi connectivity index (χ1) is 7.34. The molecular formula is C12H17FN2. The van der Waals surface area contributed by atoms with Gasteiger partial charge >= 0.3 is 0 Å². The van der Waals surface area contributed by atoms with E-state index in [1.807, 2.05) is 6.07 Å². The molecule has 2 N–H and O–H groups in total. The zero-order valence-electron chi connectivity index (χ0n) is 8.80. The molecule has 0 saturated carbocycles. The van der Waals surface area contributed by atoms with Crippen LogP contribution in [0, 0.1) is 5.82 Å². The van der Waals surface area contributed by atoms with Crippen LogP contribution in [0.3, 0.4) is 0 Å². The minimum Gasteiger partial charge on any atom is -0.313 e. The summed E-state index contributed by atoms with van der Waals surface area (Å²) in [7, 11) is 0. The lowest BCUT2D eigenvalue weighted by Crippen LogP contribution is -2.33. The first kappa shape index (κ1) is 10.6. The summed E-state index contributed by atoms with van der Waals surface area (Å²) in [4.78, 5) is 0. The van der Waals surface area contributed by atoms with Gasteiger partial charge in [0.25, 0.3) is 0 Å². The number of hydrogen-bond acceptors (Lipinski definition) is 2. The summed E-state index contributed by atoms with van der Waals surface area (Å²) in [5.41, 5.74) is 1.01. The molecule has 2 rings (SSSR count). The lowest BCUT2D eigenvalue weighted by molar-refractivity contribution is 0.534. The Morgan fingerprint density at radius 1 is 1.47 bits per heavy atom. The van der Waals surface area contributed by atoms with E-state index in [1.54, 1.807) is 12.1 Å². The van der Waals surface area contributed by atoms with Gasteiger partial charge in [-0.15, -0.1) is 0 Å². The zero-order chi connectivity index (χ0) is 10.5. The van der Waals surface area contributed by atoms with Crippen molar-refractivity contribution in [1.82, 2.24) is 10.6 Å². The highest BCUT2D eigenvalue weighted by Crippen LogP contribution is 2.05. The van der Waals surface area contributed by atoms with Gasteiger partial charge in [-0.05, 0) is 37.1 Å². The van der Waals surface area contributed by atoms with Crippen molar-refractivity contribution in [3.63, 3.8) is 0 Å². The minimum absolute atomic E-state index is 0.159. The molecule has 0 bridgehead atoms. The maximum atomic E-state index is 12.9. The molecule has 1 atom stereocenters. The van der Waals surface area contributed by atoms with Crippen LogP contribution in [0.4, 0.5) is 4.39 Å². The number of nitrogens with one attached hydrogen (secondary N) is 2. The SMILES string of the molecule is Fc1cccc(CNC[C@@H]2CCCN2)c1. The van der Waals surface area contributed by atoms with Gasteiger partial charge in [-0.1, -0.05) is 12.1 Å². The normalized spacial score (nSPS) is 20.7. The maximum Gasteiger partial charge on any atom is 0.123 e. The molecule has 1 aliphatic rings. The quantitative estimate of drug-likeness (QED) is 0.786. The number of hydrogen-bond donors (Lipinski definition) is 2. The molecule has 0 aliphatic carbocycles. The summed E-state index contributed by atoms with van der Waals surface area (Å²) >= 11 is 0. The lowest BCUT2D eigenvalue weighted by atomic mass is 10.2. The third kappa shape index (κ3) is 3.29. The third-order valence-corrected chi connectivity index (χ3v) is 2.77. The van der Waals surface area contributed by atoms with Gasteiger partial charge in [0.15, 0.2) is 0 Å². The summed E-state index contributed by atoms with van der Waals surface area (Å²) in [6, 6.07) is 7.34. The van der Waals surface area contributed by atoms with E-state index in [2.05, 4.69) is 10.6 Å². The van der Waals surface area contributed by atoms with Crippen LogP contribution >= 0.6 is 0 Å². The average Bonchev–Trinajstić information content (AvgIpc) is 2.71. The van der Waals surface area contributed by atoms with Crippen LogP contribution < -0.4 is 10.6 Å². The van der Waals surface area contributed by atoms with Gasteiger partial charge in [0.05, 0.1) is 0 Å². The fraction of sp³-hybridized carbons (Fsp3) is 0.500. The van der Waals surface area contributed by atoms with Crippen molar-refractivity contribution >= 4 is 0 Å². The van der Waals surface area contributed by atoms with Gasteiger partial charge in [0.1, 0.15) is 5.82 Å². The van der Waals surface area contributed by atoms with Gasteiger partial charge in [-0.25, -0.2) is 4.39 Å². The Balaban J connectivity index is 1.73. The minimum atomic E-state index is -0.159. The lowest BCUT2D eigenvalue weighted by Gasteiger charge is -2.11. The largest absolute Gasteiger partial charge is 0.313 e. The molecule has 2 nitrogen and oxygen atoms in total. The molecule has 1 aliphatic heterocycles. The smallest absolute Gasteiger partial charge is 0.123 e. The van der Waals surface area contributed by atoms with Crippen molar-refractivity contribution in [3.05, 3.63) is 35.6 Å². The summed E-state index contributed by atoms with van der Waals surface area (Å²) < 4.78 is 12.9. The molecule has 1 heterocycles. The highest BCUT2D eigenvalue weighted by atomic mass is 19.1. The molecule has 0 radical (unpaired) electrons. The Kier molecular flexibility index (Phi) is 3.69. The van der Waals surface area contributed by atoms with Gasteiger partial charge in [-0.2, -0.15) is 0 Å². The fourth-order valence-corrected chi connectivity index (χ4v) is 1.97. The van der Waals surface area contributed by atoms with Crippen molar-refractivity contribution in [3.8, 4) is 0 Å². The van der Waals surface area contributed by atoms with Crippen molar-refractivity contribution in [2.24, 2.45) is 0 Å². The van der Waals surface area contributed by atoms with E-state index >= 15 is 0 Å². The summed E-state index contributed by atoms with van der Waals surface area (Å²) in [6.07, 6.45) is 2.52. The summed E-state index contributed by atoms with van der Waals surface area (Å²) in [5.74, 6) is -0.159. The predicted molar refractivity (Wildman–Crippen MR) is 59.1 cm³/mol. The van der Waals surface area contributed by atoms with Crippen molar-refractivity contribution in [1.29, 1.82) is 0 Å². The van der Waals surface area contributed by atoms with Crippen molar-refractivity contribution < 1.29 is 4.39 Å². The van der Waals surface area contributed by atoms with Crippen LogP contribution in [0.25, 0.3) is 0 Å². The molecule has 0 unspecified atom stereocenters. The topological polar surface area (TPSA) is 24.1 Å².